The Bertz CT molecular complexity index is 329. The summed E-state index contributed by atoms with van der Waals surface area (Å²) in [6.45, 7) is 7.59. The molecule has 1 heterocycles. The summed E-state index contributed by atoms with van der Waals surface area (Å²) in [6.07, 6.45) is 3.41. The zero-order valence-electron chi connectivity index (χ0n) is 12.8. The lowest BCUT2D eigenvalue weighted by atomic mass is 9.88. The van der Waals surface area contributed by atoms with Crippen LogP contribution in [0.5, 0.6) is 0 Å². The van der Waals surface area contributed by atoms with Gasteiger partial charge in [-0.3, -0.25) is 4.79 Å². The van der Waals surface area contributed by atoms with Gasteiger partial charge in [0.2, 0.25) is 5.91 Å². The van der Waals surface area contributed by atoms with Crippen LogP contribution in [0, 0.1) is 11.3 Å². The Labute approximate surface area is 121 Å². The van der Waals surface area contributed by atoms with E-state index in [2.05, 4.69) is 26.1 Å². The molecule has 5 heteroatoms. The van der Waals surface area contributed by atoms with Crippen molar-refractivity contribution in [2.75, 3.05) is 13.2 Å². The summed E-state index contributed by atoms with van der Waals surface area (Å²) in [4.78, 5) is 23.1. The summed E-state index contributed by atoms with van der Waals surface area (Å²) >= 11 is 0. The van der Waals surface area contributed by atoms with Gasteiger partial charge in [-0.1, -0.05) is 20.8 Å². The van der Waals surface area contributed by atoms with E-state index in [0.717, 1.165) is 19.3 Å². The maximum atomic E-state index is 11.9. The van der Waals surface area contributed by atoms with E-state index in [1.807, 2.05) is 0 Å². The van der Waals surface area contributed by atoms with E-state index in [1.165, 1.54) is 0 Å². The van der Waals surface area contributed by atoms with Crippen LogP contribution in [0.3, 0.4) is 0 Å². The molecule has 0 bridgehead atoms. The Morgan fingerprint density at radius 1 is 1.30 bits per heavy atom. The Hall–Kier alpha value is -1.10. The number of carbonyl (C=O) groups excluding carboxylic acids is 1. The largest absolute Gasteiger partial charge is 0.480 e. The van der Waals surface area contributed by atoms with Crippen LogP contribution in [0.4, 0.5) is 0 Å². The van der Waals surface area contributed by atoms with Crippen molar-refractivity contribution in [3.63, 3.8) is 0 Å². The Balaban J connectivity index is 2.39. The van der Waals surface area contributed by atoms with Crippen LogP contribution in [0.25, 0.3) is 0 Å². The van der Waals surface area contributed by atoms with E-state index >= 15 is 0 Å². The van der Waals surface area contributed by atoms with Gasteiger partial charge in [-0.15, -0.1) is 0 Å². The van der Waals surface area contributed by atoms with Crippen molar-refractivity contribution >= 4 is 11.9 Å². The number of amides is 1. The minimum absolute atomic E-state index is 0.0686. The molecule has 2 N–H and O–H groups in total. The van der Waals surface area contributed by atoms with E-state index in [1.54, 1.807) is 0 Å². The first-order valence-electron chi connectivity index (χ1n) is 7.38. The standard InChI is InChI=1S/C15H27NO4/c1-15(2,3)7-4-12(14(18)19)16-13(17)10-11-5-8-20-9-6-11/h11-12H,4-10H2,1-3H3,(H,16,17)(H,18,19). The number of carbonyl (C=O) groups is 2. The summed E-state index contributed by atoms with van der Waals surface area (Å²) in [7, 11) is 0. The Morgan fingerprint density at radius 2 is 1.90 bits per heavy atom. The molecule has 0 aromatic heterocycles. The molecule has 1 fully saturated rings. The van der Waals surface area contributed by atoms with Gasteiger partial charge in [0.1, 0.15) is 6.04 Å². The normalized spacial score (nSPS) is 18.6. The maximum Gasteiger partial charge on any atom is 0.326 e. The van der Waals surface area contributed by atoms with E-state index in [-0.39, 0.29) is 11.3 Å². The zero-order chi connectivity index (χ0) is 15.2. The molecular formula is C15H27NO4. The van der Waals surface area contributed by atoms with Gasteiger partial charge >= 0.3 is 5.97 Å². The van der Waals surface area contributed by atoms with Crippen molar-refractivity contribution in [3.05, 3.63) is 0 Å². The summed E-state index contributed by atoms with van der Waals surface area (Å²) in [5, 5.41) is 11.8. The molecule has 1 unspecified atom stereocenters. The van der Waals surface area contributed by atoms with Gasteiger partial charge in [-0.2, -0.15) is 0 Å². The Morgan fingerprint density at radius 3 is 2.40 bits per heavy atom. The molecule has 0 aromatic carbocycles. The summed E-state index contributed by atoms with van der Waals surface area (Å²) in [6, 6.07) is -0.776. The number of carboxylic acid groups (broad SMARTS) is 1. The van der Waals surface area contributed by atoms with Crippen LogP contribution in [0.2, 0.25) is 0 Å². The van der Waals surface area contributed by atoms with Gasteiger partial charge in [0.25, 0.3) is 0 Å². The fourth-order valence-corrected chi connectivity index (χ4v) is 2.30. The lowest BCUT2D eigenvalue weighted by Crippen LogP contribution is -2.42. The smallest absolute Gasteiger partial charge is 0.326 e. The molecule has 20 heavy (non-hydrogen) atoms. The third-order valence-corrected chi connectivity index (χ3v) is 3.63. The molecule has 1 aliphatic heterocycles. The molecule has 5 nitrogen and oxygen atoms in total. The minimum atomic E-state index is -0.949. The van der Waals surface area contributed by atoms with Gasteiger partial charge in [0.05, 0.1) is 0 Å². The maximum absolute atomic E-state index is 11.9. The molecule has 1 aliphatic rings. The Kier molecular flexibility index (Phi) is 6.46. The average Bonchev–Trinajstić information content (AvgIpc) is 2.34. The van der Waals surface area contributed by atoms with Crippen molar-refractivity contribution in [2.45, 2.75) is 58.9 Å². The molecular weight excluding hydrogens is 258 g/mol. The zero-order valence-corrected chi connectivity index (χ0v) is 12.8. The predicted molar refractivity (Wildman–Crippen MR) is 76.4 cm³/mol. The van der Waals surface area contributed by atoms with Crippen molar-refractivity contribution in [1.29, 1.82) is 0 Å². The van der Waals surface area contributed by atoms with Crippen LogP contribution < -0.4 is 5.32 Å². The highest BCUT2D eigenvalue weighted by molar-refractivity contribution is 5.83. The van der Waals surface area contributed by atoms with Gasteiger partial charge in [-0.05, 0) is 37.0 Å². The second-order valence-electron chi connectivity index (χ2n) is 6.82. The monoisotopic (exact) mass is 285 g/mol. The highest BCUT2D eigenvalue weighted by atomic mass is 16.5. The number of hydrogen-bond donors (Lipinski definition) is 2. The van der Waals surface area contributed by atoms with E-state index in [9.17, 15) is 14.7 Å². The first-order valence-corrected chi connectivity index (χ1v) is 7.38. The van der Waals surface area contributed by atoms with Gasteiger partial charge < -0.3 is 15.2 Å². The van der Waals surface area contributed by atoms with Crippen LogP contribution in [0.1, 0.15) is 52.9 Å². The molecule has 0 radical (unpaired) electrons. The summed E-state index contributed by atoms with van der Waals surface area (Å²) in [5.74, 6) is -0.784. The van der Waals surface area contributed by atoms with Gasteiger partial charge in [0, 0.05) is 19.6 Å². The highest BCUT2D eigenvalue weighted by Crippen LogP contribution is 2.22. The van der Waals surface area contributed by atoms with Crippen LogP contribution in [-0.4, -0.2) is 36.2 Å². The SMILES string of the molecule is CC(C)(C)CCC(NC(=O)CC1CCOCC1)C(=O)O. The second kappa shape index (κ2) is 7.62. The van der Waals surface area contributed by atoms with Crippen LogP contribution in [0.15, 0.2) is 0 Å². The van der Waals surface area contributed by atoms with Crippen LogP contribution >= 0.6 is 0 Å². The fourth-order valence-electron chi connectivity index (χ4n) is 2.30. The number of rotatable bonds is 6. The van der Waals surface area contributed by atoms with Crippen molar-refractivity contribution in [1.82, 2.24) is 5.32 Å². The molecule has 1 atom stereocenters. The minimum Gasteiger partial charge on any atom is -0.480 e. The molecule has 0 aromatic rings. The quantitative estimate of drug-likeness (QED) is 0.784. The van der Waals surface area contributed by atoms with Gasteiger partial charge in [-0.25, -0.2) is 4.79 Å². The number of hydrogen-bond acceptors (Lipinski definition) is 3. The van der Waals surface area contributed by atoms with Crippen molar-refractivity contribution < 1.29 is 19.4 Å². The molecule has 1 rings (SSSR count). The second-order valence-corrected chi connectivity index (χ2v) is 6.82. The lowest BCUT2D eigenvalue weighted by Gasteiger charge is -2.24. The van der Waals surface area contributed by atoms with E-state index in [0.29, 0.717) is 32.0 Å². The topological polar surface area (TPSA) is 75.6 Å². The molecule has 1 amide bonds. The number of carboxylic acids is 1. The van der Waals surface area contributed by atoms with Crippen molar-refractivity contribution in [2.24, 2.45) is 11.3 Å². The molecule has 0 saturated carbocycles. The highest BCUT2D eigenvalue weighted by Gasteiger charge is 2.24. The molecule has 0 aliphatic carbocycles. The summed E-state index contributed by atoms with van der Waals surface area (Å²) in [5.41, 5.74) is 0.0686. The van der Waals surface area contributed by atoms with Crippen molar-refractivity contribution in [3.8, 4) is 0 Å². The first-order chi connectivity index (χ1) is 9.28. The number of nitrogens with one attached hydrogen (secondary N) is 1. The fraction of sp³-hybridized carbons (Fsp3) is 0.867. The number of ether oxygens (including phenoxy) is 1. The lowest BCUT2D eigenvalue weighted by molar-refractivity contribution is -0.142. The number of aliphatic carboxylic acids is 1. The molecule has 1 saturated heterocycles. The molecule has 0 spiro atoms. The van der Waals surface area contributed by atoms with E-state index < -0.39 is 12.0 Å². The third-order valence-electron chi connectivity index (χ3n) is 3.63. The molecule has 116 valence electrons. The summed E-state index contributed by atoms with van der Waals surface area (Å²) < 4.78 is 5.25. The predicted octanol–water partition coefficient (Wildman–Crippen LogP) is 2.20. The first kappa shape index (κ1) is 17.0. The van der Waals surface area contributed by atoms with E-state index in [4.69, 9.17) is 4.74 Å². The third kappa shape index (κ3) is 6.89. The van der Waals surface area contributed by atoms with Gasteiger partial charge in [0.15, 0.2) is 0 Å². The van der Waals surface area contributed by atoms with Crippen LogP contribution in [-0.2, 0) is 14.3 Å². The average molecular weight is 285 g/mol.